The zero-order valence-corrected chi connectivity index (χ0v) is 10.8. The van der Waals surface area contributed by atoms with Crippen LogP contribution in [-0.2, 0) is 4.79 Å². The molecule has 19 heavy (non-hydrogen) atoms. The van der Waals surface area contributed by atoms with Crippen LogP contribution < -0.4 is 5.32 Å². The van der Waals surface area contributed by atoms with Crippen LogP contribution in [0.5, 0.6) is 0 Å². The Morgan fingerprint density at radius 1 is 0.947 bits per heavy atom. The lowest BCUT2D eigenvalue weighted by Crippen LogP contribution is -2.29. The molecule has 0 amide bonds. The molecule has 2 aromatic rings. The van der Waals surface area contributed by atoms with Crippen molar-refractivity contribution in [2.75, 3.05) is 7.05 Å². The molecule has 2 rings (SSSR count). The molecule has 0 spiro atoms. The van der Waals surface area contributed by atoms with Gasteiger partial charge in [-0.2, -0.15) is 0 Å². The third kappa shape index (κ3) is 3.01. The van der Waals surface area contributed by atoms with Crippen molar-refractivity contribution < 1.29 is 9.90 Å². The number of nitrogens with one attached hydrogen (secondary N) is 1. The molecule has 2 unspecified atom stereocenters. The molecule has 0 saturated heterocycles. The Kier molecular flexibility index (Phi) is 4.31. The lowest BCUT2D eigenvalue weighted by atomic mass is 9.87. The summed E-state index contributed by atoms with van der Waals surface area (Å²) in [5.41, 5.74) is 1.78. The quantitative estimate of drug-likeness (QED) is 0.863. The van der Waals surface area contributed by atoms with Crippen LogP contribution in [0, 0.1) is 0 Å². The largest absolute Gasteiger partial charge is 0.481 e. The van der Waals surface area contributed by atoms with Gasteiger partial charge in [-0.15, -0.1) is 0 Å². The molecule has 0 radical (unpaired) electrons. The molecule has 0 heterocycles. The highest BCUT2D eigenvalue weighted by molar-refractivity contribution is 5.77. The molecule has 3 nitrogen and oxygen atoms in total. The molecule has 0 bridgehead atoms. The summed E-state index contributed by atoms with van der Waals surface area (Å²) in [5.74, 6) is -1.43. The van der Waals surface area contributed by atoms with Gasteiger partial charge in [-0.1, -0.05) is 60.7 Å². The second kappa shape index (κ2) is 6.16. The van der Waals surface area contributed by atoms with Gasteiger partial charge in [0.1, 0.15) is 5.92 Å². The Labute approximate surface area is 112 Å². The van der Waals surface area contributed by atoms with E-state index in [1.165, 1.54) is 0 Å². The molecule has 0 aliphatic rings. The van der Waals surface area contributed by atoms with E-state index in [2.05, 4.69) is 5.32 Å². The fraction of sp³-hybridized carbons (Fsp3) is 0.188. The van der Waals surface area contributed by atoms with Gasteiger partial charge in [0.2, 0.25) is 0 Å². The number of carbonyl (C=O) groups is 1. The van der Waals surface area contributed by atoms with Crippen LogP contribution in [0.4, 0.5) is 0 Å². The van der Waals surface area contributed by atoms with E-state index >= 15 is 0 Å². The van der Waals surface area contributed by atoms with Crippen LogP contribution in [-0.4, -0.2) is 18.1 Å². The summed E-state index contributed by atoms with van der Waals surface area (Å²) >= 11 is 0. The van der Waals surface area contributed by atoms with Crippen molar-refractivity contribution in [3.8, 4) is 0 Å². The van der Waals surface area contributed by atoms with Crippen molar-refractivity contribution in [2.24, 2.45) is 0 Å². The number of benzene rings is 2. The monoisotopic (exact) mass is 255 g/mol. The fourth-order valence-corrected chi connectivity index (χ4v) is 2.32. The number of likely N-dealkylation sites (N-methyl/N-ethyl adjacent to an activating group) is 1. The smallest absolute Gasteiger partial charge is 0.312 e. The molecule has 0 saturated carbocycles. The summed E-state index contributed by atoms with van der Waals surface area (Å²) in [6.07, 6.45) is 0. The van der Waals surface area contributed by atoms with E-state index in [9.17, 15) is 9.90 Å². The lowest BCUT2D eigenvalue weighted by molar-refractivity contribution is -0.139. The number of hydrogen-bond acceptors (Lipinski definition) is 2. The first-order valence-electron chi connectivity index (χ1n) is 6.24. The summed E-state index contributed by atoms with van der Waals surface area (Å²) in [4.78, 5) is 11.6. The van der Waals surface area contributed by atoms with Gasteiger partial charge in [-0.3, -0.25) is 4.79 Å². The summed E-state index contributed by atoms with van der Waals surface area (Å²) < 4.78 is 0. The van der Waals surface area contributed by atoms with E-state index < -0.39 is 11.9 Å². The standard InChI is InChI=1S/C16H17NO2/c1-17-15(13-10-6-3-7-11-13)14(16(18)19)12-8-4-2-5-9-12/h2-11,14-15,17H,1H3,(H,18,19). The van der Waals surface area contributed by atoms with Gasteiger partial charge in [-0.05, 0) is 18.2 Å². The van der Waals surface area contributed by atoms with E-state index in [1.807, 2.05) is 60.7 Å². The average Bonchev–Trinajstić information content (AvgIpc) is 2.46. The van der Waals surface area contributed by atoms with Gasteiger partial charge < -0.3 is 10.4 Å². The van der Waals surface area contributed by atoms with Crippen molar-refractivity contribution in [3.05, 3.63) is 71.8 Å². The highest BCUT2D eigenvalue weighted by Crippen LogP contribution is 2.30. The van der Waals surface area contributed by atoms with Crippen LogP contribution in [0.3, 0.4) is 0 Å². The van der Waals surface area contributed by atoms with Crippen LogP contribution in [0.15, 0.2) is 60.7 Å². The second-order valence-corrected chi connectivity index (χ2v) is 4.40. The van der Waals surface area contributed by atoms with Crippen molar-refractivity contribution in [2.45, 2.75) is 12.0 Å². The third-order valence-corrected chi connectivity index (χ3v) is 3.23. The molecule has 0 aliphatic heterocycles. The predicted octanol–water partition coefficient (Wildman–Crippen LogP) is 2.82. The highest BCUT2D eigenvalue weighted by Gasteiger charge is 2.29. The molecule has 98 valence electrons. The molecule has 2 atom stereocenters. The molecule has 0 aliphatic carbocycles. The SMILES string of the molecule is CNC(c1ccccc1)C(C(=O)O)c1ccccc1. The van der Waals surface area contributed by atoms with Gasteiger partial charge in [-0.25, -0.2) is 0 Å². The van der Waals surface area contributed by atoms with Crippen LogP contribution in [0.2, 0.25) is 0 Å². The van der Waals surface area contributed by atoms with Crippen LogP contribution in [0.1, 0.15) is 23.1 Å². The maximum Gasteiger partial charge on any atom is 0.312 e. The van der Waals surface area contributed by atoms with Gasteiger partial charge in [0, 0.05) is 6.04 Å². The Balaban J connectivity index is 2.41. The number of carboxylic acid groups (broad SMARTS) is 1. The zero-order valence-electron chi connectivity index (χ0n) is 10.8. The summed E-state index contributed by atoms with van der Waals surface area (Å²) in [6, 6.07) is 18.7. The number of hydrogen-bond donors (Lipinski definition) is 2. The summed E-state index contributed by atoms with van der Waals surface area (Å²) in [5, 5.41) is 12.7. The Morgan fingerprint density at radius 2 is 1.42 bits per heavy atom. The Morgan fingerprint density at radius 3 is 1.84 bits per heavy atom. The molecule has 3 heteroatoms. The van der Waals surface area contributed by atoms with E-state index in [-0.39, 0.29) is 6.04 Å². The zero-order chi connectivity index (χ0) is 13.7. The molecule has 2 N–H and O–H groups in total. The van der Waals surface area contributed by atoms with Gasteiger partial charge in [0.25, 0.3) is 0 Å². The first-order chi connectivity index (χ1) is 9.24. The Hall–Kier alpha value is -2.13. The minimum atomic E-state index is -0.825. The van der Waals surface area contributed by atoms with Gasteiger partial charge >= 0.3 is 5.97 Å². The van der Waals surface area contributed by atoms with E-state index in [0.29, 0.717) is 0 Å². The first-order valence-corrected chi connectivity index (χ1v) is 6.24. The van der Waals surface area contributed by atoms with E-state index in [1.54, 1.807) is 7.05 Å². The van der Waals surface area contributed by atoms with Crippen LogP contribution >= 0.6 is 0 Å². The summed E-state index contributed by atoms with van der Waals surface area (Å²) in [7, 11) is 1.79. The first kappa shape index (κ1) is 13.3. The number of aliphatic carboxylic acids is 1. The van der Waals surface area contributed by atoms with Crippen molar-refractivity contribution in [1.29, 1.82) is 0 Å². The predicted molar refractivity (Wildman–Crippen MR) is 75.1 cm³/mol. The molecule has 0 fully saturated rings. The normalized spacial score (nSPS) is 13.7. The third-order valence-electron chi connectivity index (χ3n) is 3.23. The van der Waals surface area contributed by atoms with E-state index in [4.69, 9.17) is 0 Å². The minimum absolute atomic E-state index is 0.249. The number of rotatable bonds is 5. The second-order valence-electron chi connectivity index (χ2n) is 4.40. The van der Waals surface area contributed by atoms with Gasteiger partial charge in [0.15, 0.2) is 0 Å². The minimum Gasteiger partial charge on any atom is -0.481 e. The lowest BCUT2D eigenvalue weighted by Gasteiger charge is -2.24. The molecular formula is C16H17NO2. The Bertz CT molecular complexity index is 525. The molecule has 2 aromatic carbocycles. The maximum absolute atomic E-state index is 11.6. The molecular weight excluding hydrogens is 238 g/mol. The topological polar surface area (TPSA) is 49.3 Å². The van der Waals surface area contributed by atoms with Crippen LogP contribution in [0.25, 0.3) is 0 Å². The van der Waals surface area contributed by atoms with Crippen molar-refractivity contribution in [1.82, 2.24) is 5.32 Å². The average molecular weight is 255 g/mol. The highest BCUT2D eigenvalue weighted by atomic mass is 16.4. The van der Waals surface area contributed by atoms with Crippen molar-refractivity contribution >= 4 is 5.97 Å². The molecule has 0 aromatic heterocycles. The van der Waals surface area contributed by atoms with E-state index in [0.717, 1.165) is 11.1 Å². The maximum atomic E-state index is 11.6. The fourth-order valence-electron chi connectivity index (χ4n) is 2.32. The van der Waals surface area contributed by atoms with Crippen molar-refractivity contribution in [3.63, 3.8) is 0 Å². The number of carboxylic acids is 1. The summed E-state index contributed by atoms with van der Waals surface area (Å²) in [6.45, 7) is 0. The van der Waals surface area contributed by atoms with Gasteiger partial charge in [0.05, 0.1) is 0 Å².